The number of rotatable bonds is 6. The fourth-order valence-corrected chi connectivity index (χ4v) is 3.97. The zero-order chi connectivity index (χ0) is 20.1. The quantitative estimate of drug-likeness (QED) is 0.798. The van der Waals surface area contributed by atoms with Gasteiger partial charge in [-0.2, -0.15) is 0 Å². The Morgan fingerprint density at radius 1 is 1.21 bits per heavy atom. The van der Waals surface area contributed by atoms with Crippen LogP contribution in [-0.2, 0) is 16.1 Å². The molecule has 1 N–H and O–H groups in total. The SMILES string of the molecule is Cc1cc(C)c(NC(=O)CN(C)Cc2ccccc2N2CCOCC2)c(Cl)c1. The van der Waals surface area contributed by atoms with Crippen LogP contribution in [0.4, 0.5) is 11.4 Å². The monoisotopic (exact) mass is 401 g/mol. The molecule has 150 valence electrons. The number of hydrogen-bond donors (Lipinski definition) is 1. The second kappa shape index (κ2) is 9.41. The number of nitrogens with zero attached hydrogens (tertiary/aromatic N) is 2. The number of hydrogen-bond acceptors (Lipinski definition) is 4. The maximum Gasteiger partial charge on any atom is 0.238 e. The van der Waals surface area contributed by atoms with Gasteiger partial charge in [-0.3, -0.25) is 9.69 Å². The zero-order valence-electron chi connectivity index (χ0n) is 16.8. The van der Waals surface area contributed by atoms with Crippen LogP contribution in [0.2, 0.25) is 5.02 Å². The summed E-state index contributed by atoms with van der Waals surface area (Å²) in [7, 11) is 1.96. The number of benzene rings is 2. The van der Waals surface area contributed by atoms with Crippen LogP contribution >= 0.6 is 11.6 Å². The van der Waals surface area contributed by atoms with E-state index in [9.17, 15) is 4.79 Å². The van der Waals surface area contributed by atoms with Gasteiger partial charge in [0.05, 0.1) is 30.5 Å². The van der Waals surface area contributed by atoms with Crippen molar-refractivity contribution in [2.45, 2.75) is 20.4 Å². The molecule has 0 unspecified atom stereocenters. The second-order valence-electron chi connectivity index (χ2n) is 7.39. The molecule has 1 heterocycles. The normalized spacial score (nSPS) is 14.4. The molecule has 0 atom stereocenters. The van der Waals surface area contributed by atoms with Gasteiger partial charge >= 0.3 is 0 Å². The molecule has 6 heteroatoms. The van der Waals surface area contributed by atoms with Crippen molar-refractivity contribution in [2.24, 2.45) is 0 Å². The van der Waals surface area contributed by atoms with Crippen molar-refractivity contribution < 1.29 is 9.53 Å². The molecule has 0 aliphatic carbocycles. The van der Waals surface area contributed by atoms with E-state index >= 15 is 0 Å². The van der Waals surface area contributed by atoms with Gasteiger partial charge in [0.1, 0.15) is 0 Å². The van der Waals surface area contributed by atoms with E-state index in [1.54, 1.807) is 0 Å². The second-order valence-corrected chi connectivity index (χ2v) is 7.79. The molecule has 1 aliphatic heterocycles. The molecule has 3 rings (SSSR count). The molecule has 1 fully saturated rings. The van der Waals surface area contributed by atoms with Gasteiger partial charge in [-0.05, 0) is 49.7 Å². The Hall–Kier alpha value is -2.08. The van der Waals surface area contributed by atoms with Crippen molar-refractivity contribution in [3.8, 4) is 0 Å². The van der Waals surface area contributed by atoms with Gasteiger partial charge < -0.3 is 15.0 Å². The summed E-state index contributed by atoms with van der Waals surface area (Å²) < 4.78 is 5.46. The highest BCUT2D eigenvalue weighted by Gasteiger charge is 2.17. The summed E-state index contributed by atoms with van der Waals surface area (Å²) in [4.78, 5) is 16.9. The lowest BCUT2D eigenvalue weighted by Gasteiger charge is -2.31. The number of aryl methyl sites for hydroxylation is 2. The van der Waals surface area contributed by atoms with E-state index in [-0.39, 0.29) is 5.91 Å². The predicted octanol–water partition coefficient (Wildman–Crippen LogP) is 3.86. The average Bonchev–Trinajstić information content (AvgIpc) is 2.65. The van der Waals surface area contributed by atoms with Crippen LogP contribution in [0, 0.1) is 13.8 Å². The predicted molar refractivity (Wildman–Crippen MR) is 115 cm³/mol. The Bertz CT molecular complexity index is 811. The lowest BCUT2D eigenvalue weighted by Crippen LogP contribution is -2.37. The van der Waals surface area contributed by atoms with Gasteiger partial charge in [-0.25, -0.2) is 0 Å². The molecular weight excluding hydrogens is 374 g/mol. The van der Waals surface area contributed by atoms with E-state index in [4.69, 9.17) is 16.3 Å². The third kappa shape index (κ3) is 5.25. The molecule has 2 aromatic rings. The number of carbonyl (C=O) groups is 1. The lowest BCUT2D eigenvalue weighted by atomic mass is 10.1. The van der Waals surface area contributed by atoms with Crippen molar-refractivity contribution in [3.63, 3.8) is 0 Å². The minimum absolute atomic E-state index is 0.0693. The van der Waals surface area contributed by atoms with Crippen molar-refractivity contribution in [2.75, 3.05) is 50.1 Å². The van der Waals surface area contributed by atoms with Crippen LogP contribution < -0.4 is 10.2 Å². The molecule has 5 nitrogen and oxygen atoms in total. The third-order valence-electron chi connectivity index (χ3n) is 4.89. The van der Waals surface area contributed by atoms with E-state index in [0.29, 0.717) is 23.8 Å². The summed E-state index contributed by atoms with van der Waals surface area (Å²) in [5.41, 5.74) is 5.18. The molecule has 0 aromatic heterocycles. The van der Waals surface area contributed by atoms with Gasteiger partial charge in [0.15, 0.2) is 0 Å². The van der Waals surface area contributed by atoms with Gasteiger partial charge in [-0.15, -0.1) is 0 Å². The molecule has 28 heavy (non-hydrogen) atoms. The number of likely N-dealkylation sites (N-methyl/N-ethyl adjacent to an activating group) is 1. The van der Waals surface area contributed by atoms with Crippen LogP contribution in [-0.4, -0.2) is 50.7 Å². The Balaban J connectivity index is 1.63. The molecule has 2 aromatic carbocycles. The van der Waals surface area contributed by atoms with Crippen molar-refractivity contribution in [3.05, 3.63) is 58.1 Å². The van der Waals surface area contributed by atoms with E-state index < -0.39 is 0 Å². The first-order valence-electron chi connectivity index (χ1n) is 9.60. The van der Waals surface area contributed by atoms with Crippen LogP contribution in [0.15, 0.2) is 36.4 Å². The fraction of sp³-hybridized carbons (Fsp3) is 0.409. The number of amides is 1. The summed E-state index contributed by atoms with van der Waals surface area (Å²) in [5.74, 6) is -0.0693. The molecule has 1 aliphatic rings. The number of anilines is 2. The van der Waals surface area contributed by atoms with Crippen molar-refractivity contribution in [1.29, 1.82) is 0 Å². The smallest absolute Gasteiger partial charge is 0.238 e. The standard InChI is InChI=1S/C22H28ClN3O2/c1-16-12-17(2)22(19(23)13-16)24-21(27)15-25(3)14-18-6-4-5-7-20(18)26-8-10-28-11-9-26/h4-7,12-13H,8-11,14-15H2,1-3H3,(H,24,27). The molecule has 1 amide bonds. The summed E-state index contributed by atoms with van der Waals surface area (Å²) in [6.07, 6.45) is 0. The largest absolute Gasteiger partial charge is 0.378 e. The van der Waals surface area contributed by atoms with Gasteiger partial charge in [0.25, 0.3) is 0 Å². The number of morpholine rings is 1. The first kappa shape index (κ1) is 20.6. The molecule has 0 spiro atoms. The summed E-state index contributed by atoms with van der Waals surface area (Å²) in [5, 5.41) is 3.54. The number of carbonyl (C=O) groups excluding carboxylic acids is 1. The number of nitrogens with one attached hydrogen (secondary N) is 1. The van der Waals surface area contributed by atoms with Crippen LogP contribution in [0.5, 0.6) is 0 Å². The Morgan fingerprint density at radius 2 is 1.93 bits per heavy atom. The third-order valence-corrected chi connectivity index (χ3v) is 5.19. The van der Waals surface area contributed by atoms with E-state index in [0.717, 1.165) is 37.4 Å². The number of halogens is 1. The Kier molecular flexibility index (Phi) is 6.94. The van der Waals surface area contributed by atoms with Crippen LogP contribution in [0.1, 0.15) is 16.7 Å². The molecule has 1 saturated heterocycles. The van der Waals surface area contributed by atoms with Crippen molar-refractivity contribution >= 4 is 28.9 Å². The molecular formula is C22H28ClN3O2. The lowest BCUT2D eigenvalue weighted by molar-refractivity contribution is -0.117. The summed E-state index contributed by atoms with van der Waals surface area (Å²) in [6, 6.07) is 12.3. The maximum atomic E-state index is 12.6. The van der Waals surface area contributed by atoms with Gasteiger partial charge in [-0.1, -0.05) is 35.9 Å². The van der Waals surface area contributed by atoms with Crippen LogP contribution in [0.3, 0.4) is 0 Å². The summed E-state index contributed by atoms with van der Waals surface area (Å²) in [6.45, 7) is 8.23. The topological polar surface area (TPSA) is 44.8 Å². The van der Waals surface area contributed by atoms with Gasteiger partial charge in [0, 0.05) is 25.3 Å². The Morgan fingerprint density at radius 3 is 2.64 bits per heavy atom. The highest BCUT2D eigenvalue weighted by atomic mass is 35.5. The number of para-hydroxylation sites is 1. The Labute approximate surface area is 172 Å². The maximum absolute atomic E-state index is 12.6. The molecule has 0 bridgehead atoms. The first-order valence-corrected chi connectivity index (χ1v) is 9.97. The first-order chi connectivity index (χ1) is 13.4. The minimum Gasteiger partial charge on any atom is -0.378 e. The van der Waals surface area contributed by atoms with E-state index in [1.165, 1.54) is 11.3 Å². The molecule has 0 saturated carbocycles. The highest BCUT2D eigenvalue weighted by Crippen LogP contribution is 2.27. The van der Waals surface area contributed by atoms with Crippen molar-refractivity contribution in [1.82, 2.24) is 4.90 Å². The van der Waals surface area contributed by atoms with E-state index in [1.807, 2.05) is 44.0 Å². The molecule has 0 radical (unpaired) electrons. The number of ether oxygens (including phenoxy) is 1. The van der Waals surface area contributed by atoms with Crippen LogP contribution in [0.25, 0.3) is 0 Å². The average molecular weight is 402 g/mol. The highest BCUT2D eigenvalue weighted by molar-refractivity contribution is 6.34. The van der Waals surface area contributed by atoms with E-state index in [2.05, 4.69) is 28.4 Å². The fourth-order valence-electron chi connectivity index (χ4n) is 3.60. The van der Waals surface area contributed by atoms with Gasteiger partial charge in [0.2, 0.25) is 5.91 Å². The zero-order valence-corrected chi connectivity index (χ0v) is 17.6. The summed E-state index contributed by atoms with van der Waals surface area (Å²) >= 11 is 6.31. The minimum atomic E-state index is -0.0693.